The minimum Gasteiger partial charge on any atom is -0.385 e. The van der Waals surface area contributed by atoms with Gasteiger partial charge in [-0.1, -0.05) is 0 Å². The van der Waals surface area contributed by atoms with Crippen molar-refractivity contribution in [2.75, 3.05) is 0 Å². The number of aliphatic hydroxyl groups is 1. The molecule has 0 radical (unpaired) electrons. The summed E-state index contributed by atoms with van der Waals surface area (Å²) in [5.41, 5.74) is 0. The summed E-state index contributed by atoms with van der Waals surface area (Å²) < 4.78 is 0. The molecule has 1 aliphatic rings. The first-order valence-electron chi connectivity index (χ1n) is 2.17. The first-order valence-corrected chi connectivity index (χ1v) is 2.17. The van der Waals surface area contributed by atoms with Crippen LogP contribution in [-0.4, -0.2) is 11.2 Å². The lowest BCUT2D eigenvalue weighted by Gasteiger charge is -2.01. The summed E-state index contributed by atoms with van der Waals surface area (Å²) in [5, 5.41) is 11.5. The maximum atomic E-state index is 8.70. The van der Waals surface area contributed by atoms with Gasteiger partial charge in [-0.25, -0.2) is 0 Å². The highest BCUT2D eigenvalue weighted by atomic mass is 16.3. The van der Waals surface area contributed by atoms with Gasteiger partial charge in [-0.05, 0) is 24.6 Å². The lowest BCUT2D eigenvalue weighted by molar-refractivity contribution is 0.269. The maximum Gasteiger partial charge on any atom is 0.0936 e. The van der Waals surface area contributed by atoms with Crippen molar-refractivity contribution in [2.24, 2.45) is 0 Å². The fourth-order valence-electron chi connectivity index (χ4n) is 0.428. The Bertz CT molecular complexity index is 94.6. The van der Waals surface area contributed by atoms with Gasteiger partial charge in [0.15, 0.2) is 0 Å². The van der Waals surface area contributed by atoms with E-state index < -0.39 is 0 Å². The zero-order valence-corrected chi connectivity index (χ0v) is 3.83. The van der Waals surface area contributed by atoms with Crippen molar-refractivity contribution < 1.29 is 5.11 Å². The molecule has 2 heteroatoms. The van der Waals surface area contributed by atoms with Crippen molar-refractivity contribution in [1.29, 1.82) is 0 Å². The molecule has 2 nitrogen and oxygen atoms in total. The van der Waals surface area contributed by atoms with Crippen LogP contribution in [0.25, 0.3) is 0 Å². The van der Waals surface area contributed by atoms with Crippen LogP contribution < -0.4 is 5.32 Å². The number of dihydropyridines is 1. The molecule has 0 aromatic heterocycles. The second-order valence-electron chi connectivity index (χ2n) is 1.38. The van der Waals surface area contributed by atoms with E-state index in [0.29, 0.717) is 0 Å². The van der Waals surface area contributed by atoms with E-state index >= 15 is 0 Å². The van der Waals surface area contributed by atoms with Crippen molar-refractivity contribution in [2.45, 2.75) is 6.10 Å². The molecule has 7 heavy (non-hydrogen) atoms. The number of aliphatic hydroxyl groups excluding tert-OH is 1. The van der Waals surface area contributed by atoms with Gasteiger partial charge in [0.1, 0.15) is 0 Å². The van der Waals surface area contributed by atoms with Gasteiger partial charge in [0.2, 0.25) is 0 Å². The molecule has 0 saturated heterocycles. The van der Waals surface area contributed by atoms with E-state index in [-0.39, 0.29) is 6.10 Å². The van der Waals surface area contributed by atoms with Gasteiger partial charge in [-0.15, -0.1) is 0 Å². The average Bonchev–Trinajstić information content (AvgIpc) is 1.69. The molecule has 0 aromatic carbocycles. The maximum absolute atomic E-state index is 8.70. The Balaban J connectivity index is 2.49. The Morgan fingerprint density at radius 2 is 1.86 bits per heavy atom. The van der Waals surface area contributed by atoms with Crippen LogP contribution in [0.5, 0.6) is 0 Å². The Morgan fingerprint density at radius 3 is 2.14 bits per heavy atom. The zero-order valence-electron chi connectivity index (χ0n) is 3.83. The topological polar surface area (TPSA) is 32.3 Å². The first kappa shape index (κ1) is 4.40. The SMILES string of the molecule is OC1C=CNC=C1. The van der Waals surface area contributed by atoms with Crippen LogP contribution in [0.15, 0.2) is 24.6 Å². The zero-order chi connectivity index (χ0) is 5.11. The molecule has 0 aliphatic carbocycles. The molecule has 2 N–H and O–H groups in total. The smallest absolute Gasteiger partial charge is 0.0936 e. The third-order valence-electron chi connectivity index (χ3n) is 0.779. The van der Waals surface area contributed by atoms with Gasteiger partial charge in [0, 0.05) is 0 Å². The van der Waals surface area contributed by atoms with Crippen molar-refractivity contribution in [3.05, 3.63) is 24.6 Å². The molecular weight excluding hydrogens is 90.1 g/mol. The monoisotopic (exact) mass is 97.1 g/mol. The minimum atomic E-state index is -0.388. The van der Waals surface area contributed by atoms with Crippen LogP contribution in [0, 0.1) is 0 Å². The fraction of sp³-hybridized carbons (Fsp3) is 0.200. The first-order chi connectivity index (χ1) is 3.39. The molecule has 1 heterocycles. The average molecular weight is 97.1 g/mol. The van der Waals surface area contributed by atoms with Crippen molar-refractivity contribution in [3.8, 4) is 0 Å². The number of hydrogen-bond donors (Lipinski definition) is 2. The highest BCUT2D eigenvalue weighted by Crippen LogP contribution is 1.90. The van der Waals surface area contributed by atoms with Gasteiger partial charge >= 0.3 is 0 Å². The third kappa shape index (κ3) is 1.05. The highest BCUT2D eigenvalue weighted by molar-refractivity contribution is 5.06. The van der Waals surface area contributed by atoms with Crippen LogP contribution in [0.1, 0.15) is 0 Å². The molecule has 0 saturated carbocycles. The van der Waals surface area contributed by atoms with E-state index in [2.05, 4.69) is 5.32 Å². The second kappa shape index (κ2) is 1.80. The lowest BCUT2D eigenvalue weighted by atomic mass is 10.3. The van der Waals surface area contributed by atoms with Gasteiger partial charge in [-0.3, -0.25) is 0 Å². The predicted molar refractivity (Wildman–Crippen MR) is 27.4 cm³/mol. The summed E-state index contributed by atoms with van der Waals surface area (Å²) >= 11 is 0. The summed E-state index contributed by atoms with van der Waals surface area (Å²) in [6.45, 7) is 0. The van der Waals surface area contributed by atoms with E-state index in [1.807, 2.05) is 0 Å². The van der Waals surface area contributed by atoms with Gasteiger partial charge in [0.25, 0.3) is 0 Å². The van der Waals surface area contributed by atoms with E-state index in [1.54, 1.807) is 24.6 Å². The molecule has 0 aromatic rings. The normalized spacial score (nSPS) is 19.6. The Morgan fingerprint density at radius 1 is 1.29 bits per heavy atom. The van der Waals surface area contributed by atoms with Crippen molar-refractivity contribution in [3.63, 3.8) is 0 Å². The van der Waals surface area contributed by atoms with E-state index in [4.69, 9.17) is 5.11 Å². The van der Waals surface area contributed by atoms with E-state index in [9.17, 15) is 0 Å². The molecular formula is C5H7NO. The second-order valence-corrected chi connectivity index (χ2v) is 1.38. The number of rotatable bonds is 0. The van der Waals surface area contributed by atoms with Crippen LogP contribution in [-0.2, 0) is 0 Å². The van der Waals surface area contributed by atoms with Gasteiger partial charge < -0.3 is 10.4 Å². The summed E-state index contributed by atoms with van der Waals surface area (Å²) in [6.07, 6.45) is 6.34. The summed E-state index contributed by atoms with van der Waals surface area (Å²) in [6, 6.07) is 0. The van der Waals surface area contributed by atoms with Crippen LogP contribution in [0.3, 0.4) is 0 Å². The quantitative estimate of drug-likeness (QED) is 0.445. The summed E-state index contributed by atoms with van der Waals surface area (Å²) in [4.78, 5) is 0. The molecule has 0 atom stereocenters. The molecule has 0 amide bonds. The number of hydrogen-bond acceptors (Lipinski definition) is 2. The van der Waals surface area contributed by atoms with Gasteiger partial charge in [-0.2, -0.15) is 0 Å². The Hall–Kier alpha value is -0.760. The molecule has 0 bridgehead atoms. The third-order valence-corrected chi connectivity index (χ3v) is 0.779. The molecule has 0 unspecified atom stereocenters. The largest absolute Gasteiger partial charge is 0.385 e. The molecule has 0 spiro atoms. The van der Waals surface area contributed by atoms with Crippen LogP contribution in [0.4, 0.5) is 0 Å². The Kier molecular flexibility index (Phi) is 1.13. The Labute approximate surface area is 42.2 Å². The molecule has 1 rings (SSSR count). The van der Waals surface area contributed by atoms with Crippen LogP contribution >= 0.6 is 0 Å². The van der Waals surface area contributed by atoms with E-state index in [0.717, 1.165) is 0 Å². The van der Waals surface area contributed by atoms with Crippen molar-refractivity contribution >= 4 is 0 Å². The number of nitrogens with one attached hydrogen (secondary N) is 1. The molecule has 0 fully saturated rings. The standard InChI is InChI=1S/C5H7NO/c7-5-1-3-6-4-2-5/h1-7H. The van der Waals surface area contributed by atoms with E-state index in [1.165, 1.54) is 0 Å². The van der Waals surface area contributed by atoms with Gasteiger partial charge in [0.05, 0.1) is 6.10 Å². The summed E-state index contributed by atoms with van der Waals surface area (Å²) in [5.74, 6) is 0. The minimum absolute atomic E-state index is 0.388. The van der Waals surface area contributed by atoms with Crippen LogP contribution in [0.2, 0.25) is 0 Å². The highest BCUT2D eigenvalue weighted by Gasteiger charge is 1.91. The lowest BCUT2D eigenvalue weighted by Crippen LogP contribution is -2.06. The predicted octanol–water partition coefficient (Wildman–Crippen LogP) is -0.0221. The molecule has 38 valence electrons. The summed E-state index contributed by atoms with van der Waals surface area (Å²) in [7, 11) is 0. The fourth-order valence-corrected chi connectivity index (χ4v) is 0.428. The molecule has 1 aliphatic heterocycles. The van der Waals surface area contributed by atoms with Crippen molar-refractivity contribution in [1.82, 2.24) is 5.32 Å².